The van der Waals surface area contributed by atoms with E-state index in [4.69, 9.17) is 5.26 Å². The SMILES string of the molecule is CCC1(C)CC1NC#N. The van der Waals surface area contributed by atoms with E-state index in [9.17, 15) is 0 Å². The van der Waals surface area contributed by atoms with Gasteiger partial charge in [-0.1, -0.05) is 13.8 Å². The molecular formula is C7H12N2. The largest absolute Gasteiger partial charge is 0.320 e. The Balaban J connectivity index is 2.32. The van der Waals surface area contributed by atoms with Crippen molar-refractivity contribution in [3.63, 3.8) is 0 Å². The second-order valence-electron chi connectivity index (χ2n) is 3.02. The molecule has 0 radical (unpaired) electrons. The Kier molecular flexibility index (Phi) is 1.36. The molecule has 0 spiro atoms. The Hall–Kier alpha value is -0.710. The summed E-state index contributed by atoms with van der Waals surface area (Å²) in [6.45, 7) is 4.38. The zero-order valence-electron chi connectivity index (χ0n) is 5.94. The summed E-state index contributed by atoms with van der Waals surface area (Å²) in [5.41, 5.74) is 0.426. The first-order valence-electron chi connectivity index (χ1n) is 3.37. The lowest BCUT2D eigenvalue weighted by Crippen LogP contribution is -2.14. The number of nitrogens with one attached hydrogen (secondary N) is 1. The molecule has 0 saturated heterocycles. The molecule has 0 amide bonds. The van der Waals surface area contributed by atoms with Gasteiger partial charge in [0.1, 0.15) is 0 Å². The average molecular weight is 124 g/mol. The van der Waals surface area contributed by atoms with Crippen LogP contribution in [-0.2, 0) is 0 Å². The molecule has 1 rings (SSSR count). The lowest BCUT2D eigenvalue weighted by Gasteiger charge is -2.03. The maximum atomic E-state index is 8.24. The van der Waals surface area contributed by atoms with Gasteiger partial charge in [-0.05, 0) is 18.3 Å². The van der Waals surface area contributed by atoms with E-state index in [0.29, 0.717) is 11.5 Å². The van der Waals surface area contributed by atoms with Crippen molar-refractivity contribution in [1.29, 1.82) is 5.26 Å². The molecule has 1 saturated carbocycles. The van der Waals surface area contributed by atoms with Crippen LogP contribution in [0.5, 0.6) is 0 Å². The van der Waals surface area contributed by atoms with E-state index in [1.165, 1.54) is 6.42 Å². The summed E-state index contributed by atoms with van der Waals surface area (Å²) in [6, 6.07) is 0.465. The standard InChI is InChI=1S/C7H12N2/c1-3-7(2)4-6(7)9-5-8/h6,9H,3-4H2,1-2H3. The van der Waals surface area contributed by atoms with Crippen LogP contribution in [0.15, 0.2) is 0 Å². The molecule has 1 N–H and O–H groups in total. The molecule has 2 atom stereocenters. The van der Waals surface area contributed by atoms with E-state index in [2.05, 4.69) is 19.2 Å². The van der Waals surface area contributed by atoms with Crippen LogP contribution in [0.2, 0.25) is 0 Å². The van der Waals surface area contributed by atoms with Crippen molar-refractivity contribution >= 4 is 0 Å². The Morgan fingerprint density at radius 2 is 2.56 bits per heavy atom. The molecule has 0 bridgehead atoms. The number of hydrogen-bond donors (Lipinski definition) is 1. The van der Waals surface area contributed by atoms with Gasteiger partial charge in [0, 0.05) is 6.04 Å². The summed E-state index contributed by atoms with van der Waals surface area (Å²) in [5.74, 6) is 0. The number of rotatable bonds is 2. The van der Waals surface area contributed by atoms with Gasteiger partial charge >= 0.3 is 0 Å². The van der Waals surface area contributed by atoms with E-state index in [-0.39, 0.29) is 0 Å². The highest BCUT2D eigenvalue weighted by Crippen LogP contribution is 2.47. The minimum Gasteiger partial charge on any atom is -0.320 e. The fraction of sp³-hybridized carbons (Fsp3) is 0.857. The molecule has 0 heterocycles. The molecule has 1 fully saturated rings. The molecular weight excluding hydrogens is 112 g/mol. The minimum atomic E-state index is 0.426. The molecule has 1 aliphatic carbocycles. The predicted octanol–water partition coefficient (Wildman–Crippen LogP) is 1.25. The van der Waals surface area contributed by atoms with E-state index in [1.54, 1.807) is 0 Å². The number of nitrogens with zero attached hydrogens (tertiary/aromatic N) is 1. The summed E-state index contributed by atoms with van der Waals surface area (Å²) in [4.78, 5) is 0. The Labute approximate surface area is 55.9 Å². The van der Waals surface area contributed by atoms with Gasteiger partial charge in [-0.3, -0.25) is 0 Å². The van der Waals surface area contributed by atoms with E-state index in [1.807, 2.05) is 6.19 Å². The lowest BCUT2D eigenvalue weighted by atomic mass is 10.1. The fourth-order valence-electron chi connectivity index (χ4n) is 1.10. The van der Waals surface area contributed by atoms with Crippen molar-refractivity contribution in [1.82, 2.24) is 5.32 Å². The van der Waals surface area contributed by atoms with E-state index >= 15 is 0 Å². The van der Waals surface area contributed by atoms with Gasteiger partial charge in [0.05, 0.1) is 0 Å². The van der Waals surface area contributed by atoms with E-state index in [0.717, 1.165) is 6.42 Å². The van der Waals surface area contributed by atoms with Gasteiger partial charge in [0.15, 0.2) is 6.19 Å². The Morgan fingerprint density at radius 3 is 2.89 bits per heavy atom. The third kappa shape index (κ3) is 0.999. The van der Waals surface area contributed by atoms with Gasteiger partial charge in [-0.2, -0.15) is 5.26 Å². The highest BCUT2D eigenvalue weighted by molar-refractivity contribution is 5.06. The smallest absolute Gasteiger partial charge is 0.176 e. The van der Waals surface area contributed by atoms with Crippen molar-refractivity contribution in [3.8, 4) is 6.19 Å². The maximum absolute atomic E-state index is 8.24. The van der Waals surface area contributed by atoms with Crippen molar-refractivity contribution in [2.45, 2.75) is 32.7 Å². The zero-order chi connectivity index (χ0) is 6.91. The summed E-state index contributed by atoms with van der Waals surface area (Å²) >= 11 is 0. The highest BCUT2D eigenvalue weighted by atomic mass is 15.0. The van der Waals surface area contributed by atoms with Gasteiger partial charge in [-0.15, -0.1) is 0 Å². The van der Waals surface area contributed by atoms with Gasteiger partial charge in [0.25, 0.3) is 0 Å². The quantitative estimate of drug-likeness (QED) is 0.444. The average Bonchev–Trinajstić information content (AvgIpc) is 2.46. The molecule has 0 aromatic rings. The summed E-state index contributed by atoms with van der Waals surface area (Å²) in [6.07, 6.45) is 4.31. The Bertz CT molecular complexity index is 147. The summed E-state index contributed by atoms with van der Waals surface area (Å²) < 4.78 is 0. The van der Waals surface area contributed by atoms with Crippen LogP contribution in [-0.4, -0.2) is 6.04 Å². The minimum absolute atomic E-state index is 0.426. The van der Waals surface area contributed by atoms with Crippen LogP contribution in [0.25, 0.3) is 0 Å². The molecule has 1 aliphatic rings. The number of nitriles is 1. The van der Waals surface area contributed by atoms with Crippen LogP contribution in [0.1, 0.15) is 26.7 Å². The van der Waals surface area contributed by atoms with Crippen LogP contribution in [0.4, 0.5) is 0 Å². The second kappa shape index (κ2) is 1.91. The number of hydrogen-bond acceptors (Lipinski definition) is 2. The van der Waals surface area contributed by atoms with Crippen LogP contribution in [0, 0.1) is 16.9 Å². The van der Waals surface area contributed by atoms with Gasteiger partial charge in [-0.25, -0.2) is 0 Å². The molecule has 0 aromatic carbocycles. The predicted molar refractivity (Wildman–Crippen MR) is 35.6 cm³/mol. The third-order valence-electron chi connectivity index (χ3n) is 2.40. The van der Waals surface area contributed by atoms with Crippen molar-refractivity contribution in [2.75, 3.05) is 0 Å². The second-order valence-corrected chi connectivity index (χ2v) is 3.02. The molecule has 2 unspecified atom stereocenters. The van der Waals surface area contributed by atoms with E-state index < -0.39 is 0 Å². The first kappa shape index (κ1) is 6.41. The molecule has 0 aliphatic heterocycles. The van der Waals surface area contributed by atoms with Gasteiger partial charge < -0.3 is 5.32 Å². The Morgan fingerprint density at radius 1 is 1.89 bits per heavy atom. The van der Waals surface area contributed by atoms with Gasteiger partial charge in [0.2, 0.25) is 0 Å². The highest BCUT2D eigenvalue weighted by Gasteiger charge is 2.48. The summed E-state index contributed by atoms with van der Waals surface area (Å²) in [5, 5.41) is 11.0. The van der Waals surface area contributed by atoms with Crippen molar-refractivity contribution in [2.24, 2.45) is 5.41 Å². The van der Waals surface area contributed by atoms with Crippen molar-refractivity contribution < 1.29 is 0 Å². The fourth-order valence-corrected chi connectivity index (χ4v) is 1.10. The molecule has 9 heavy (non-hydrogen) atoms. The monoisotopic (exact) mass is 124 g/mol. The topological polar surface area (TPSA) is 35.8 Å². The normalized spacial score (nSPS) is 39.4. The third-order valence-corrected chi connectivity index (χ3v) is 2.40. The maximum Gasteiger partial charge on any atom is 0.176 e. The van der Waals surface area contributed by atoms with Crippen LogP contribution < -0.4 is 5.32 Å². The van der Waals surface area contributed by atoms with Crippen LogP contribution >= 0.6 is 0 Å². The molecule has 2 heteroatoms. The zero-order valence-corrected chi connectivity index (χ0v) is 5.94. The molecule has 0 aromatic heterocycles. The lowest BCUT2D eigenvalue weighted by molar-refractivity contribution is 0.508. The molecule has 50 valence electrons. The first-order valence-corrected chi connectivity index (χ1v) is 3.37. The van der Waals surface area contributed by atoms with Crippen LogP contribution in [0.3, 0.4) is 0 Å². The first-order chi connectivity index (χ1) is 4.23. The molecule has 2 nitrogen and oxygen atoms in total. The van der Waals surface area contributed by atoms with Crippen molar-refractivity contribution in [3.05, 3.63) is 0 Å². The summed E-state index contributed by atoms with van der Waals surface area (Å²) in [7, 11) is 0.